The zero-order valence-corrected chi connectivity index (χ0v) is 15.2. The number of nitrogens with zero attached hydrogens (tertiary/aromatic N) is 1. The Labute approximate surface area is 162 Å². The van der Waals surface area contributed by atoms with Gasteiger partial charge in [0.15, 0.2) is 0 Å². The average molecular weight is 416 g/mol. The summed E-state index contributed by atoms with van der Waals surface area (Å²) in [5, 5.41) is 5.53. The predicted molar refractivity (Wildman–Crippen MR) is 96.7 cm³/mol. The lowest BCUT2D eigenvalue weighted by Crippen LogP contribution is -2.21. The van der Waals surface area contributed by atoms with Crippen molar-refractivity contribution in [3.05, 3.63) is 64.4 Å². The normalized spacial score (nSPS) is 11.9. The van der Waals surface area contributed by atoms with Gasteiger partial charge in [-0.15, -0.1) is 0 Å². The number of amides is 2. The zero-order valence-electron chi connectivity index (χ0n) is 14.4. The second-order valence-corrected chi connectivity index (χ2v) is 6.12. The summed E-state index contributed by atoms with van der Waals surface area (Å²) in [6, 6.07) is 7.92. The molecular weight excluding hydrogens is 402 g/mol. The fourth-order valence-corrected chi connectivity index (χ4v) is 2.36. The van der Waals surface area contributed by atoms with Gasteiger partial charge in [-0.05, 0) is 43.3 Å². The molecule has 10 heteroatoms. The number of benzene rings is 2. The van der Waals surface area contributed by atoms with Gasteiger partial charge in [0.2, 0.25) is 5.91 Å². The Bertz CT molecular complexity index is 929. The van der Waals surface area contributed by atoms with Gasteiger partial charge in [0.25, 0.3) is 5.91 Å². The van der Waals surface area contributed by atoms with Crippen LogP contribution in [0.5, 0.6) is 0 Å². The van der Waals surface area contributed by atoms with E-state index in [1.54, 1.807) is 0 Å². The molecule has 0 saturated carbocycles. The van der Waals surface area contributed by atoms with Crippen molar-refractivity contribution in [1.29, 1.82) is 0 Å². The van der Waals surface area contributed by atoms with E-state index in [2.05, 4.69) is 15.8 Å². The first kappa shape index (κ1) is 21.4. The molecule has 0 atom stereocenters. The van der Waals surface area contributed by atoms with Gasteiger partial charge >= 0.3 is 6.18 Å². The SMILES string of the molecule is CC(CC(=O)Nc1ccc(Cl)c(C(F)(F)F)c1)=NNC(=O)c1cccc(F)c1. The van der Waals surface area contributed by atoms with E-state index < -0.39 is 34.4 Å². The summed E-state index contributed by atoms with van der Waals surface area (Å²) >= 11 is 5.52. The van der Waals surface area contributed by atoms with Gasteiger partial charge < -0.3 is 5.32 Å². The molecule has 2 aromatic rings. The predicted octanol–water partition coefficient (Wildman–Crippen LogP) is 4.63. The van der Waals surface area contributed by atoms with Crippen molar-refractivity contribution in [2.45, 2.75) is 19.5 Å². The first-order valence-corrected chi connectivity index (χ1v) is 8.19. The number of carbonyl (C=O) groups excluding carboxylic acids is 2. The van der Waals surface area contributed by atoms with E-state index in [0.717, 1.165) is 18.2 Å². The lowest BCUT2D eigenvalue weighted by molar-refractivity contribution is -0.137. The smallest absolute Gasteiger partial charge is 0.326 e. The summed E-state index contributed by atoms with van der Waals surface area (Å²) in [6.07, 6.45) is -4.94. The van der Waals surface area contributed by atoms with Crippen molar-refractivity contribution in [3.63, 3.8) is 0 Å². The Hall–Kier alpha value is -2.94. The number of nitrogens with one attached hydrogen (secondary N) is 2. The Morgan fingerprint density at radius 3 is 2.50 bits per heavy atom. The molecule has 28 heavy (non-hydrogen) atoms. The molecule has 0 aliphatic heterocycles. The van der Waals surface area contributed by atoms with E-state index in [1.165, 1.54) is 31.2 Å². The van der Waals surface area contributed by atoms with Crippen molar-refractivity contribution in [1.82, 2.24) is 5.43 Å². The first-order valence-electron chi connectivity index (χ1n) is 7.82. The number of hydrogen-bond acceptors (Lipinski definition) is 3. The summed E-state index contributed by atoms with van der Waals surface area (Å²) in [4.78, 5) is 23.8. The molecule has 0 fully saturated rings. The van der Waals surface area contributed by atoms with E-state index in [9.17, 15) is 27.2 Å². The maximum absolute atomic E-state index is 13.1. The van der Waals surface area contributed by atoms with Crippen LogP contribution < -0.4 is 10.7 Å². The van der Waals surface area contributed by atoms with Crippen molar-refractivity contribution in [3.8, 4) is 0 Å². The van der Waals surface area contributed by atoms with Gasteiger partial charge in [-0.3, -0.25) is 9.59 Å². The fourth-order valence-electron chi connectivity index (χ4n) is 2.14. The summed E-state index contributed by atoms with van der Waals surface area (Å²) in [5.74, 6) is -1.91. The van der Waals surface area contributed by atoms with Crippen LogP contribution in [0.1, 0.15) is 29.3 Å². The number of rotatable bonds is 5. The molecule has 0 heterocycles. The number of hydrogen-bond donors (Lipinski definition) is 2. The molecule has 0 aromatic heterocycles. The highest BCUT2D eigenvalue weighted by atomic mass is 35.5. The molecule has 0 aliphatic rings. The van der Waals surface area contributed by atoms with Crippen LogP contribution in [0.3, 0.4) is 0 Å². The first-order chi connectivity index (χ1) is 13.1. The van der Waals surface area contributed by atoms with Crippen LogP contribution in [0.25, 0.3) is 0 Å². The summed E-state index contributed by atoms with van der Waals surface area (Å²) < 4.78 is 51.6. The van der Waals surface area contributed by atoms with Crippen LogP contribution >= 0.6 is 11.6 Å². The monoisotopic (exact) mass is 415 g/mol. The van der Waals surface area contributed by atoms with E-state index in [0.29, 0.717) is 0 Å². The van der Waals surface area contributed by atoms with Crippen molar-refractivity contribution < 1.29 is 27.2 Å². The minimum absolute atomic E-state index is 0.0434. The van der Waals surface area contributed by atoms with E-state index in [1.807, 2.05) is 0 Å². The van der Waals surface area contributed by atoms with Gasteiger partial charge in [-0.1, -0.05) is 17.7 Å². The summed E-state index contributed by atoms with van der Waals surface area (Å²) in [5.41, 5.74) is 1.24. The molecule has 0 aliphatic carbocycles. The van der Waals surface area contributed by atoms with Gasteiger partial charge in [0.05, 0.1) is 17.0 Å². The van der Waals surface area contributed by atoms with Crippen LogP contribution in [0.2, 0.25) is 5.02 Å². The molecule has 2 aromatic carbocycles. The molecule has 0 unspecified atom stereocenters. The van der Waals surface area contributed by atoms with Crippen LogP contribution in [0.15, 0.2) is 47.6 Å². The molecule has 148 valence electrons. The summed E-state index contributed by atoms with van der Waals surface area (Å²) in [7, 11) is 0. The molecule has 0 saturated heterocycles. The van der Waals surface area contributed by atoms with Crippen LogP contribution in [0, 0.1) is 5.82 Å². The molecule has 5 nitrogen and oxygen atoms in total. The lowest BCUT2D eigenvalue weighted by Gasteiger charge is -2.11. The summed E-state index contributed by atoms with van der Waals surface area (Å²) in [6.45, 7) is 1.44. The Morgan fingerprint density at radius 2 is 1.86 bits per heavy atom. The number of carbonyl (C=O) groups is 2. The average Bonchev–Trinajstić information content (AvgIpc) is 2.60. The molecule has 2 N–H and O–H groups in total. The maximum atomic E-state index is 13.1. The van der Waals surface area contributed by atoms with Gasteiger partial charge in [-0.2, -0.15) is 18.3 Å². The van der Waals surface area contributed by atoms with Gasteiger partial charge in [0, 0.05) is 17.0 Å². The van der Waals surface area contributed by atoms with Crippen LogP contribution in [-0.4, -0.2) is 17.5 Å². The van der Waals surface area contributed by atoms with Crippen LogP contribution in [-0.2, 0) is 11.0 Å². The highest BCUT2D eigenvalue weighted by molar-refractivity contribution is 6.31. The lowest BCUT2D eigenvalue weighted by atomic mass is 10.2. The molecule has 2 amide bonds. The van der Waals surface area contributed by atoms with Crippen molar-refractivity contribution >= 4 is 34.8 Å². The van der Waals surface area contributed by atoms with Gasteiger partial charge in [-0.25, -0.2) is 9.82 Å². The van der Waals surface area contributed by atoms with E-state index >= 15 is 0 Å². The molecule has 0 spiro atoms. The third-order valence-corrected chi connectivity index (χ3v) is 3.74. The zero-order chi connectivity index (χ0) is 20.9. The largest absolute Gasteiger partial charge is 0.417 e. The fraction of sp³-hybridized carbons (Fsp3) is 0.167. The van der Waals surface area contributed by atoms with E-state index in [-0.39, 0.29) is 23.4 Å². The Balaban J connectivity index is 1.97. The second kappa shape index (κ2) is 8.83. The molecule has 0 radical (unpaired) electrons. The number of alkyl halides is 3. The topological polar surface area (TPSA) is 70.6 Å². The maximum Gasteiger partial charge on any atom is 0.417 e. The van der Waals surface area contributed by atoms with Crippen molar-refractivity contribution in [2.75, 3.05) is 5.32 Å². The third-order valence-electron chi connectivity index (χ3n) is 3.41. The third kappa shape index (κ3) is 6.05. The molecule has 2 rings (SSSR count). The number of anilines is 1. The molecular formula is C18H14ClF4N3O2. The highest BCUT2D eigenvalue weighted by Crippen LogP contribution is 2.36. The van der Waals surface area contributed by atoms with Crippen molar-refractivity contribution in [2.24, 2.45) is 5.10 Å². The van der Waals surface area contributed by atoms with Gasteiger partial charge in [0.1, 0.15) is 5.82 Å². The second-order valence-electron chi connectivity index (χ2n) is 5.72. The minimum Gasteiger partial charge on any atom is -0.326 e. The standard InChI is InChI=1S/C18H14ClF4N3O2/c1-10(25-26-17(28)11-3-2-4-12(20)8-11)7-16(27)24-13-5-6-15(19)14(9-13)18(21,22)23/h2-6,8-9H,7H2,1H3,(H,24,27)(H,26,28). The number of halogens is 5. The Morgan fingerprint density at radius 1 is 1.14 bits per heavy atom. The Kier molecular flexibility index (Phi) is 6.74. The van der Waals surface area contributed by atoms with Crippen LogP contribution in [0.4, 0.5) is 23.2 Å². The van der Waals surface area contributed by atoms with E-state index in [4.69, 9.17) is 11.6 Å². The number of hydrazone groups is 1. The minimum atomic E-state index is -4.66. The quantitative estimate of drug-likeness (QED) is 0.424. The highest BCUT2D eigenvalue weighted by Gasteiger charge is 2.33. The molecule has 0 bridgehead atoms.